The predicted octanol–water partition coefficient (Wildman–Crippen LogP) is 1.71. The molecule has 1 aliphatic heterocycles. The molecule has 3 heterocycles. The number of carbonyl (C=O) groups is 1. The largest absolute Gasteiger partial charge is 0.484 e. The Bertz CT molecular complexity index is 1150. The molecule has 1 amide bonds. The van der Waals surface area contributed by atoms with Gasteiger partial charge in [-0.15, -0.1) is 0 Å². The van der Waals surface area contributed by atoms with Gasteiger partial charge in [-0.1, -0.05) is 0 Å². The fourth-order valence-corrected chi connectivity index (χ4v) is 3.94. The number of hydrogen-bond acceptors (Lipinski definition) is 8. The summed E-state index contributed by atoms with van der Waals surface area (Å²) in [6.07, 6.45) is 0. The number of imidazole rings is 1. The van der Waals surface area contributed by atoms with Gasteiger partial charge in [-0.25, -0.2) is 9.97 Å². The van der Waals surface area contributed by atoms with Gasteiger partial charge in [0.1, 0.15) is 23.7 Å². The number of fused-ring (bicyclic) bond motifs is 3. The number of morpholine rings is 1. The van der Waals surface area contributed by atoms with Gasteiger partial charge >= 0.3 is 0 Å². The van der Waals surface area contributed by atoms with Crippen molar-refractivity contribution in [3.8, 4) is 5.75 Å². The number of benzene rings is 1. The standard InChI is InChI=1S/C23H31N5O5/c1-4-31-12-18-26-20-21(28(18)14-23(2,3)30)16-11-15(5-6-17(16)25-22(20)24)33-13-19(29)27-7-9-32-10-8-27/h5-6,11,30H,4,7-10,12-14H2,1-3H3,(H2,24,25). The van der Waals surface area contributed by atoms with Gasteiger partial charge in [0.15, 0.2) is 12.4 Å². The maximum atomic E-state index is 12.5. The minimum absolute atomic E-state index is 0.0599. The molecule has 1 aromatic carbocycles. The highest BCUT2D eigenvalue weighted by Gasteiger charge is 2.23. The number of anilines is 1. The molecule has 0 saturated carbocycles. The summed E-state index contributed by atoms with van der Waals surface area (Å²) < 4.78 is 18.6. The summed E-state index contributed by atoms with van der Waals surface area (Å²) in [5, 5.41) is 11.3. The van der Waals surface area contributed by atoms with Gasteiger partial charge in [0, 0.05) is 25.1 Å². The zero-order valence-corrected chi connectivity index (χ0v) is 19.3. The first-order chi connectivity index (χ1) is 15.8. The highest BCUT2D eigenvalue weighted by molar-refractivity contribution is 6.07. The third-order valence-corrected chi connectivity index (χ3v) is 5.46. The van der Waals surface area contributed by atoms with Gasteiger partial charge in [0.05, 0.1) is 36.4 Å². The minimum atomic E-state index is -0.988. The Kier molecular flexibility index (Phi) is 6.68. The van der Waals surface area contributed by atoms with E-state index in [4.69, 9.17) is 19.9 Å². The lowest BCUT2D eigenvalue weighted by molar-refractivity contribution is -0.137. The van der Waals surface area contributed by atoms with E-state index in [0.717, 1.165) is 10.9 Å². The van der Waals surface area contributed by atoms with Crippen LogP contribution in [0.1, 0.15) is 26.6 Å². The summed E-state index contributed by atoms with van der Waals surface area (Å²) >= 11 is 0. The van der Waals surface area contributed by atoms with E-state index in [0.29, 0.717) is 67.9 Å². The Hall–Kier alpha value is -2.95. The maximum Gasteiger partial charge on any atom is 0.260 e. The van der Waals surface area contributed by atoms with Crippen molar-refractivity contribution in [1.29, 1.82) is 0 Å². The molecule has 0 radical (unpaired) electrons. The zero-order chi connectivity index (χ0) is 23.6. The van der Waals surface area contributed by atoms with E-state index in [9.17, 15) is 9.90 Å². The second-order valence-corrected chi connectivity index (χ2v) is 8.72. The molecule has 4 rings (SSSR count). The average Bonchev–Trinajstić information content (AvgIpc) is 3.14. The van der Waals surface area contributed by atoms with Crippen LogP contribution >= 0.6 is 0 Å². The van der Waals surface area contributed by atoms with Crippen molar-refractivity contribution < 1.29 is 24.1 Å². The van der Waals surface area contributed by atoms with Crippen molar-refractivity contribution in [1.82, 2.24) is 19.4 Å². The number of aromatic nitrogens is 3. The molecule has 33 heavy (non-hydrogen) atoms. The lowest BCUT2D eigenvalue weighted by Gasteiger charge is -2.26. The first-order valence-corrected chi connectivity index (χ1v) is 11.1. The summed E-state index contributed by atoms with van der Waals surface area (Å²) in [6.45, 7) is 8.68. The average molecular weight is 458 g/mol. The Morgan fingerprint density at radius 2 is 2.03 bits per heavy atom. The van der Waals surface area contributed by atoms with Crippen LogP contribution in [0.3, 0.4) is 0 Å². The van der Waals surface area contributed by atoms with Crippen molar-refractivity contribution in [2.45, 2.75) is 39.5 Å². The van der Waals surface area contributed by atoms with Crippen LogP contribution in [0.15, 0.2) is 18.2 Å². The Balaban J connectivity index is 1.72. The van der Waals surface area contributed by atoms with E-state index in [1.165, 1.54) is 0 Å². The molecule has 1 saturated heterocycles. The molecular formula is C23H31N5O5. The Morgan fingerprint density at radius 3 is 2.73 bits per heavy atom. The summed E-state index contributed by atoms with van der Waals surface area (Å²) in [7, 11) is 0. The van der Waals surface area contributed by atoms with Gasteiger partial charge in [-0.2, -0.15) is 0 Å². The quantitative estimate of drug-likeness (QED) is 0.524. The molecule has 10 nitrogen and oxygen atoms in total. The van der Waals surface area contributed by atoms with E-state index in [-0.39, 0.29) is 19.1 Å². The van der Waals surface area contributed by atoms with E-state index >= 15 is 0 Å². The molecule has 10 heteroatoms. The molecule has 1 fully saturated rings. The van der Waals surface area contributed by atoms with Gasteiger partial charge in [-0.05, 0) is 39.0 Å². The van der Waals surface area contributed by atoms with E-state index < -0.39 is 5.60 Å². The molecule has 0 unspecified atom stereocenters. The number of rotatable bonds is 8. The van der Waals surface area contributed by atoms with Gasteiger partial charge in [0.2, 0.25) is 0 Å². The molecule has 0 spiro atoms. The summed E-state index contributed by atoms with van der Waals surface area (Å²) in [5.41, 5.74) is 7.21. The number of ether oxygens (including phenoxy) is 3. The fraction of sp³-hybridized carbons (Fsp3) is 0.522. The van der Waals surface area contributed by atoms with Crippen molar-refractivity contribution in [3.05, 3.63) is 24.0 Å². The summed E-state index contributed by atoms with van der Waals surface area (Å²) in [6, 6.07) is 5.41. The third-order valence-electron chi connectivity index (χ3n) is 5.46. The lowest BCUT2D eigenvalue weighted by Crippen LogP contribution is -2.42. The molecule has 0 aliphatic carbocycles. The van der Waals surface area contributed by atoms with Crippen molar-refractivity contribution >= 4 is 33.7 Å². The number of hydrogen-bond donors (Lipinski definition) is 2. The topological polar surface area (TPSA) is 125 Å². The van der Waals surface area contributed by atoms with E-state index in [2.05, 4.69) is 9.97 Å². The number of pyridine rings is 1. The van der Waals surface area contributed by atoms with Crippen LogP contribution in [-0.2, 0) is 27.4 Å². The van der Waals surface area contributed by atoms with Crippen LogP contribution in [0, 0.1) is 0 Å². The predicted molar refractivity (Wildman–Crippen MR) is 124 cm³/mol. The highest BCUT2D eigenvalue weighted by Crippen LogP contribution is 2.32. The van der Waals surface area contributed by atoms with Gasteiger partial charge in [-0.3, -0.25) is 4.79 Å². The highest BCUT2D eigenvalue weighted by atomic mass is 16.5. The van der Waals surface area contributed by atoms with Crippen LogP contribution in [0.2, 0.25) is 0 Å². The second-order valence-electron chi connectivity index (χ2n) is 8.72. The Labute approximate surface area is 192 Å². The molecule has 0 bridgehead atoms. The third kappa shape index (κ3) is 5.18. The number of nitrogens with zero attached hydrogens (tertiary/aromatic N) is 4. The summed E-state index contributed by atoms with van der Waals surface area (Å²) in [4.78, 5) is 23.4. The van der Waals surface area contributed by atoms with E-state index in [1.807, 2.05) is 23.6 Å². The van der Waals surface area contributed by atoms with Crippen LogP contribution < -0.4 is 10.5 Å². The van der Waals surface area contributed by atoms with Crippen molar-refractivity contribution in [3.63, 3.8) is 0 Å². The monoisotopic (exact) mass is 457 g/mol. The number of amides is 1. The number of aliphatic hydroxyl groups is 1. The number of nitrogen functional groups attached to an aromatic ring is 1. The number of nitrogens with two attached hydrogens (primary N) is 1. The second kappa shape index (κ2) is 9.50. The SMILES string of the molecule is CCOCc1nc2c(N)nc3ccc(OCC(=O)N4CCOCC4)cc3c2n1CC(C)(C)O. The van der Waals surface area contributed by atoms with E-state index in [1.54, 1.807) is 24.8 Å². The molecule has 178 valence electrons. The first-order valence-electron chi connectivity index (χ1n) is 11.1. The van der Waals surface area contributed by atoms with Gasteiger partial charge < -0.3 is 34.5 Å². The van der Waals surface area contributed by atoms with Crippen LogP contribution in [-0.4, -0.2) is 75.6 Å². The van der Waals surface area contributed by atoms with Crippen molar-refractivity contribution in [2.75, 3.05) is 45.3 Å². The molecule has 1 aliphatic rings. The molecular weight excluding hydrogens is 426 g/mol. The summed E-state index contributed by atoms with van der Waals surface area (Å²) in [5.74, 6) is 1.43. The Morgan fingerprint density at radius 1 is 1.27 bits per heavy atom. The first kappa shape index (κ1) is 23.2. The lowest BCUT2D eigenvalue weighted by atomic mass is 10.1. The van der Waals surface area contributed by atoms with Gasteiger partial charge in [0.25, 0.3) is 5.91 Å². The molecule has 0 atom stereocenters. The fourth-order valence-electron chi connectivity index (χ4n) is 3.94. The normalized spacial score (nSPS) is 14.8. The van der Waals surface area contributed by atoms with Crippen LogP contribution in [0.25, 0.3) is 21.9 Å². The smallest absolute Gasteiger partial charge is 0.260 e. The van der Waals surface area contributed by atoms with Crippen LogP contribution in [0.4, 0.5) is 5.82 Å². The van der Waals surface area contributed by atoms with Crippen LogP contribution in [0.5, 0.6) is 5.75 Å². The minimum Gasteiger partial charge on any atom is -0.484 e. The molecule has 2 aromatic heterocycles. The van der Waals surface area contributed by atoms with Crippen molar-refractivity contribution in [2.24, 2.45) is 0 Å². The molecule has 3 aromatic rings. The maximum absolute atomic E-state index is 12.5. The zero-order valence-electron chi connectivity index (χ0n) is 19.3. The molecule has 3 N–H and O–H groups in total. The number of carbonyl (C=O) groups excluding carboxylic acids is 1.